The Morgan fingerprint density at radius 3 is 2.45 bits per heavy atom. The van der Waals surface area contributed by atoms with Crippen LogP contribution in [-0.2, 0) is 35.3 Å². The molecule has 3 fully saturated rings. The molecule has 64 heavy (non-hydrogen) atoms. The monoisotopic (exact) mass is 873 g/mol. The Balaban J connectivity index is 0.805. The van der Waals surface area contributed by atoms with Crippen molar-refractivity contribution in [2.24, 2.45) is 34.3 Å². The fraction of sp³-hybridized carbons (Fsp3) is 0.400. The van der Waals surface area contributed by atoms with E-state index in [0.717, 1.165) is 10.8 Å². The number of anilines is 1. The maximum Gasteiger partial charge on any atom is 0.344 e. The minimum absolute atomic E-state index is 0.0303. The zero-order chi connectivity index (χ0) is 45.6. The number of fused-ring (bicyclic) bond motifs is 6. The van der Waals surface area contributed by atoms with Gasteiger partial charge >= 0.3 is 11.9 Å². The van der Waals surface area contributed by atoms with Gasteiger partial charge in [-0.25, -0.2) is 14.0 Å². The molecule has 0 unspecified atom stereocenters. The lowest BCUT2D eigenvalue weighted by Gasteiger charge is -2.62. The largest absolute Gasteiger partial charge is 0.482 e. The number of aromatic nitrogens is 1. The second-order valence-corrected chi connectivity index (χ2v) is 18.1. The highest BCUT2D eigenvalue weighted by Crippen LogP contribution is 2.70. The first kappa shape index (κ1) is 44.5. The van der Waals surface area contributed by atoms with Gasteiger partial charge in [0.1, 0.15) is 18.0 Å². The van der Waals surface area contributed by atoms with Gasteiger partial charge in [0, 0.05) is 46.8 Å². The normalized spacial score (nSPS) is 29.7. The number of amides is 1. The Morgan fingerprint density at radius 1 is 0.969 bits per heavy atom. The Hall–Kier alpha value is -6.09. The number of hydrogen-bond donors (Lipinski definition) is 4. The topological polar surface area (TPSA) is 204 Å². The van der Waals surface area contributed by atoms with Gasteiger partial charge in [-0.3, -0.25) is 19.4 Å². The summed E-state index contributed by atoms with van der Waals surface area (Å²) in [4.78, 5) is 68.9. The molecule has 0 radical (unpaired) electrons. The number of carbonyl (C=O) groups excluding carboxylic acids is 5. The van der Waals surface area contributed by atoms with Gasteiger partial charge in [-0.05, 0) is 116 Å². The van der Waals surface area contributed by atoms with Gasteiger partial charge in [0.15, 0.2) is 24.7 Å². The number of Topliss-reactive ketones (excluding diaryl/α,β-unsaturated/α-hetero) is 1. The van der Waals surface area contributed by atoms with Gasteiger partial charge in [0.05, 0.1) is 17.6 Å². The number of aliphatic hydroxyl groups excluding tert-OH is 1. The van der Waals surface area contributed by atoms with E-state index in [-0.39, 0.29) is 42.6 Å². The molecule has 14 heteroatoms. The third-order valence-corrected chi connectivity index (χ3v) is 14.7. The van der Waals surface area contributed by atoms with Crippen molar-refractivity contribution < 1.29 is 52.8 Å². The van der Waals surface area contributed by atoms with Crippen molar-refractivity contribution in [1.29, 1.82) is 0 Å². The Kier molecular flexibility index (Phi) is 11.9. The number of benzene rings is 3. The third kappa shape index (κ3) is 7.60. The van der Waals surface area contributed by atoms with E-state index in [9.17, 15) is 34.2 Å². The smallest absolute Gasteiger partial charge is 0.344 e. The minimum atomic E-state index is -2.11. The Bertz CT molecular complexity index is 2560. The van der Waals surface area contributed by atoms with Gasteiger partial charge < -0.3 is 35.5 Å². The maximum atomic E-state index is 17.5. The molecule has 0 spiro atoms. The molecule has 8 rings (SSSR count). The molecule has 1 heterocycles. The van der Waals surface area contributed by atoms with Crippen molar-refractivity contribution in [3.8, 4) is 5.75 Å². The van der Waals surface area contributed by atoms with Crippen LogP contribution in [0.5, 0.6) is 5.75 Å². The molecule has 4 aromatic rings. The summed E-state index contributed by atoms with van der Waals surface area (Å²) in [6, 6.07) is 20.4. The SMILES string of the molecule is C[C@@H]1C[C@H]2[C@@H]3CCC4=CC(=O)C=C[C@]4(C)[C@@]3(F)[C@@H](O)C[C@]2(C)[C@@]1(O)C(=O)COC(=O)COc1ccc(C(=O)OCc2ccc([C@@H](CN)C(=O)Nc3ccc4cnccc4c3)cc2)cc1. The van der Waals surface area contributed by atoms with Crippen LogP contribution in [0, 0.1) is 28.6 Å². The second-order valence-electron chi connectivity index (χ2n) is 18.1. The summed E-state index contributed by atoms with van der Waals surface area (Å²) in [5.74, 6) is -4.80. The molecule has 1 amide bonds. The summed E-state index contributed by atoms with van der Waals surface area (Å²) < 4.78 is 33.8. The van der Waals surface area contributed by atoms with E-state index >= 15 is 4.39 Å². The van der Waals surface area contributed by atoms with E-state index in [1.54, 1.807) is 63.5 Å². The number of rotatable bonds is 13. The minimum Gasteiger partial charge on any atom is -0.482 e. The molecule has 4 aliphatic carbocycles. The zero-order valence-electron chi connectivity index (χ0n) is 35.9. The van der Waals surface area contributed by atoms with Crippen LogP contribution in [0.3, 0.4) is 0 Å². The van der Waals surface area contributed by atoms with E-state index in [4.69, 9.17) is 19.9 Å². The van der Waals surface area contributed by atoms with Crippen LogP contribution in [0.1, 0.15) is 73.9 Å². The number of aliphatic hydroxyl groups is 2. The molecular formula is C50H52FN3O10. The number of alkyl halides is 1. The van der Waals surface area contributed by atoms with E-state index in [1.807, 2.05) is 24.3 Å². The molecule has 4 aliphatic rings. The van der Waals surface area contributed by atoms with Crippen molar-refractivity contribution in [1.82, 2.24) is 4.98 Å². The maximum absolute atomic E-state index is 17.5. The first-order valence-corrected chi connectivity index (χ1v) is 21.6. The lowest BCUT2D eigenvalue weighted by atomic mass is 9.44. The number of ether oxygens (including phenoxy) is 3. The van der Waals surface area contributed by atoms with Crippen molar-refractivity contribution in [2.75, 3.05) is 25.1 Å². The van der Waals surface area contributed by atoms with Crippen molar-refractivity contribution in [2.45, 2.75) is 76.4 Å². The summed E-state index contributed by atoms with van der Waals surface area (Å²) in [5.41, 5.74) is 2.38. The summed E-state index contributed by atoms with van der Waals surface area (Å²) in [6.45, 7) is 3.89. The standard InChI is InChI=1S/C50H52FN3O10/c1-29-20-41-40-15-11-35-22-37(55)16-18-47(35,2)49(40,51)42(56)23-48(41,3)50(29,61)43(57)27-63-44(58)28-62-38-13-9-32(10-14-38)46(60)64-26-30-4-6-31(7-5-30)39(24-52)45(59)54-36-12-8-34-25-53-19-17-33(34)21-36/h4-10,12-14,16-19,21-22,25,29,39-42,56,61H,11,15,20,23-24,26-28,52H2,1-3H3,(H,54,59)/t29-,39-,40+,41+,42+,47+,48+,49+,50+/m1/s1. The van der Waals surface area contributed by atoms with Crippen LogP contribution in [0.25, 0.3) is 10.8 Å². The van der Waals surface area contributed by atoms with Crippen LogP contribution >= 0.6 is 0 Å². The molecule has 0 bridgehead atoms. The number of nitrogens with two attached hydrogens (primary N) is 1. The van der Waals surface area contributed by atoms with Crippen molar-refractivity contribution in [3.05, 3.63) is 126 Å². The lowest BCUT2D eigenvalue weighted by Crippen LogP contribution is -2.69. The summed E-state index contributed by atoms with van der Waals surface area (Å²) in [7, 11) is 0. The Morgan fingerprint density at radius 2 is 1.72 bits per heavy atom. The van der Waals surface area contributed by atoms with Gasteiger partial charge in [0.25, 0.3) is 0 Å². The molecule has 3 aromatic carbocycles. The number of halogens is 1. The predicted molar refractivity (Wildman–Crippen MR) is 233 cm³/mol. The van der Waals surface area contributed by atoms with Gasteiger partial charge in [0.2, 0.25) is 11.7 Å². The number of carbonyl (C=O) groups is 5. The van der Waals surface area contributed by atoms with Crippen LogP contribution in [0.15, 0.2) is 109 Å². The van der Waals surface area contributed by atoms with E-state index < -0.39 is 82.8 Å². The fourth-order valence-electron chi connectivity index (χ4n) is 11.1. The molecule has 0 aliphatic heterocycles. The molecule has 13 nitrogen and oxygen atoms in total. The molecule has 3 saturated carbocycles. The number of nitrogens with one attached hydrogen (secondary N) is 1. The average molecular weight is 874 g/mol. The Labute approximate surface area is 369 Å². The number of pyridine rings is 1. The highest BCUT2D eigenvalue weighted by atomic mass is 19.1. The van der Waals surface area contributed by atoms with Crippen LogP contribution in [-0.4, -0.2) is 81.7 Å². The highest BCUT2D eigenvalue weighted by molar-refractivity contribution is 6.01. The van der Waals surface area contributed by atoms with E-state index in [0.29, 0.717) is 41.6 Å². The van der Waals surface area contributed by atoms with Crippen molar-refractivity contribution in [3.63, 3.8) is 0 Å². The van der Waals surface area contributed by atoms with Gasteiger partial charge in [-0.2, -0.15) is 0 Å². The molecular weight excluding hydrogens is 822 g/mol. The number of hydrogen-bond acceptors (Lipinski definition) is 12. The summed E-state index contributed by atoms with van der Waals surface area (Å²) in [5, 5.41) is 28.6. The fourth-order valence-corrected chi connectivity index (χ4v) is 11.1. The molecule has 0 saturated heterocycles. The quantitative estimate of drug-likeness (QED) is 0.112. The molecule has 334 valence electrons. The van der Waals surface area contributed by atoms with Crippen LogP contribution in [0.2, 0.25) is 0 Å². The zero-order valence-corrected chi connectivity index (χ0v) is 35.9. The summed E-state index contributed by atoms with van der Waals surface area (Å²) in [6.07, 6.45) is 7.21. The average Bonchev–Trinajstić information content (AvgIpc) is 3.49. The van der Waals surface area contributed by atoms with Crippen LogP contribution in [0.4, 0.5) is 10.1 Å². The molecule has 5 N–H and O–H groups in total. The second kappa shape index (κ2) is 17.1. The highest BCUT2D eigenvalue weighted by Gasteiger charge is 2.75. The molecule has 1 aromatic heterocycles. The number of ketones is 2. The van der Waals surface area contributed by atoms with E-state index in [2.05, 4.69) is 10.3 Å². The first-order valence-electron chi connectivity index (χ1n) is 21.6. The third-order valence-electron chi connectivity index (χ3n) is 14.7. The lowest BCUT2D eigenvalue weighted by molar-refractivity contribution is -0.220. The van der Waals surface area contributed by atoms with Crippen molar-refractivity contribution >= 4 is 45.9 Å². The predicted octanol–water partition coefficient (Wildman–Crippen LogP) is 6.11. The first-order chi connectivity index (χ1) is 30.5. The van der Waals surface area contributed by atoms with Gasteiger partial charge in [-0.15, -0.1) is 0 Å². The van der Waals surface area contributed by atoms with Gasteiger partial charge in [-0.1, -0.05) is 55.8 Å². The van der Waals surface area contributed by atoms with E-state index in [1.165, 1.54) is 36.4 Å². The number of esters is 2. The summed E-state index contributed by atoms with van der Waals surface area (Å²) >= 11 is 0. The number of allylic oxidation sites excluding steroid dienone is 4. The number of nitrogens with zero attached hydrogens (tertiary/aromatic N) is 1. The molecule has 9 atom stereocenters. The van der Waals surface area contributed by atoms with Crippen LogP contribution < -0.4 is 15.8 Å².